The second kappa shape index (κ2) is 8.20. The lowest BCUT2D eigenvalue weighted by atomic mass is 10.3. The van der Waals surface area contributed by atoms with Crippen LogP contribution in [-0.4, -0.2) is 33.1 Å². The molecule has 0 saturated heterocycles. The molecule has 0 fully saturated rings. The third kappa shape index (κ3) is 4.64. The summed E-state index contributed by atoms with van der Waals surface area (Å²) in [6.45, 7) is 0. The Morgan fingerprint density at radius 2 is 1.84 bits per heavy atom. The summed E-state index contributed by atoms with van der Waals surface area (Å²) in [5.41, 5.74) is -0.0489. The van der Waals surface area contributed by atoms with E-state index in [1.807, 2.05) is 0 Å². The summed E-state index contributed by atoms with van der Waals surface area (Å²) in [5.74, 6) is 1.26. The zero-order valence-corrected chi connectivity index (χ0v) is 16.5. The van der Waals surface area contributed by atoms with Crippen LogP contribution in [0.15, 0.2) is 84.3 Å². The van der Waals surface area contributed by atoms with E-state index in [1.54, 1.807) is 47.6 Å². The van der Waals surface area contributed by atoms with Crippen molar-refractivity contribution in [1.82, 2.24) is 19.7 Å². The quantitative estimate of drug-likeness (QED) is 0.342. The molecule has 11 nitrogen and oxygen atoms in total. The van der Waals surface area contributed by atoms with Gasteiger partial charge in [0.05, 0.1) is 9.82 Å². The first-order valence-electron chi connectivity index (χ1n) is 8.78. The Bertz CT molecular complexity index is 1310. The molecule has 156 valence electrons. The molecule has 0 radical (unpaired) electrons. The Morgan fingerprint density at radius 3 is 2.48 bits per heavy atom. The molecule has 0 spiro atoms. The van der Waals surface area contributed by atoms with Gasteiger partial charge in [-0.05, 0) is 36.4 Å². The summed E-state index contributed by atoms with van der Waals surface area (Å²) in [4.78, 5) is 13.9. The molecule has 0 amide bonds. The van der Waals surface area contributed by atoms with Crippen molar-refractivity contribution >= 4 is 21.4 Å². The fourth-order valence-electron chi connectivity index (χ4n) is 2.59. The van der Waals surface area contributed by atoms with Crippen LogP contribution in [0.3, 0.4) is 0 Å². The third-order valence-electron chi connectivity index (χ3n) is 4.06. The lowest BCUT2D eigenvalue weighted by Gasteiger charge is -2.09. The number of aromatic nitrogens is 4. The van der Waals surface area contributed by atoms with Crippen LogP contribution in [0.1, 0.15) is 0 Å². The first-order valence-corrected chi connectivity index (χ1v) is 10.3. The minimum atomic E-state index is -3.99. The topological polar surface area (TPSA) is 142 Å². The van der Waals surface area contributed by atoms with Gasteiger partial charge in [0.15, 0.2) is 5.82 Å². The number of nitrogens with one attached hydrogen (secondary N) is 1. The zero-order chi connectivity index (χ0) is 21.8. The van der Waals surface area contributed by atoms with Gasteiger partial charge >= 0.3 is 0 Å². The van der Waals surface area contributed by atoms with Crippen LogP contribution >= 0.6 is 0 Å². The molecular weight excluding hydrogens is 424 g/mol. The maximum Gasteiger partial charge on any atom is 0.270 e. The maximum atomic E-state index is 12.5. The van der Waals surface area contributed by atoms with Crippen molar-refractivity contribution in [2.24, 2.45) is 0 Å². The van der Waals surface area contributed by atoms with Crippen molar-refractivity contribution in [2.45, 2.75) is 4.90 Å². The Labute approximate surface area is 176 Å². The summed E-state index contributed by atoms with van der Waals surface area (Å²) >= 11 is 0. The van der Waals surface area contributed by atoms with Gasteiger partial charge in [0, 0.05) is 36.3 Å². The molecular formula is C19H14N6O5S. The number of sulfonamides is 1. The number of nitrogens with zero attached hydrogens (tertiary/aromatic N) is 5. The molecule has 1 N–H and O–H groups in total. The number of imidazole rings is 1. The lowest BCUT2D eigenvalue weighted by molar-refractivity contribution is -0.385. The van der Waals surface area contributed by atoms with Crippen molar-refractivity contribution in [3.63, 3.8) is 0 Å². The largest absolute Gasteiger partial charge is 0.438 e. The van der Waals surface area contributed by atoms with E-state index in [-0.39, 0.29) is 22.2 Å². The van der Waals surface area contributed by atoms with E-state index >= 15 is 0 Å². The van der Waals surface area contributed by atoms with Crippen molar-refractivity contribution in [2.75, 3.05) is 4.72 Å². The summed E-state index contributed by atoms with van der Waals surface area (Å²) in [7, 11) is -3.99. The van der Waals surface area contributed by atoms with Crippen LogP contribution < -0.4 is 9.46 Å². The summed E-state index contributed by atoms with van der Waals surface area (Å²) < 4.78 is 34.7. The molecule has 0 aliphatic carbocycles. The van der Waals surface area contributed by atoms with Gasteiger partial charge in [0.1, 0.15) is 12.1 Å². The highest BCUT2D eigenvalue weighted by Crippen LogP contribution is 2.24. The summed E-state index contributed by atoms with van der Waals surface area (Å²) in [6.07, 6.45) is 4.96. The average Bonchev–Trinajstić information content (AvgIpc) is 3.30. The van der Waals surface area contributed by atoms with Gasteiger partial charge in [0.25, 0.3) is 15.7 Å². The molecule has 0 atom stereocenters. The van der Waals surface area contributed by atoms with Crippen LogP contribution in [0.4, 0.5) is 11.4 Å². The van der Waals surface area contributed by atoms with E-state index in [4.69, 9.17) is 4.74 Å². The standard InChI is InChI=1S/C19H14N6O5S/c26-25(27)15-2-1-3-17(12-15)31(28,29)23-14-4-6-16(7-5-14)30-19-9-8-18(21-22-19)24-11-10-20-13-24/h1-13,23H. The Morgan fingerprint density at radius 1 is 1.03 bits per heavy atom. The predicted molar refractivity (Wildman–Crippen MR) is 110 cm³/mol. The fourth-order valence-corrected chi connectivity index (χ4v) is 3.69. The summed E-state index contributed by atoms with van der Waals surface area (Å²) in [5, 5.41) is 18.9. The molecule has 12 heteroatoms. The van der Waals surface area contributed by atoms with Gasteiger partial charge in [-0.3, -0.25) is 19.4 Å². The molecule has 2 aromatic carbocycles. The van der Waals surface area contributed by atoms with Crippen molar-refractivity contribution in [1.29, 1.82) is 0 Å². The lowest BCUT2D eigenvalue weighted by Crippen LogP contribution is -2.13. The van der Waals surface area contributed by atoms with Gasteiger partial charge in [0.2, 0.25) is 5.88 Å². The number of nitro benzene ring substituents is 1. The van der Waals surface area contributed by atoms with Crippen LogP contribution in [0.5, 0.6) is 11.6 Å². The molecule has 0 aliphatic heterocycles. The van der Waals surface area contributed by atoms with Gasteiger partial charge in [-0.1, -0.05) is 6.07 Å². The molecule has 2 aromatic heterocycles. The van der Waals surface area contributed by atoms with E-state index in [9.17, 15) is 18.5 Å². The Hall–Kier alpha value is -4.32. The Balaban J connectivity index is 1.44. The Kier molecular flexibility index (Phi) is 5.28. The highest BCUT2D eigenvalue weighted by molar-refractivity contribution is 7.92. The van der Waals surface area contributed by atoms with Crippen LogP contribution in [0.25, 0.3) is 5.82 Å². The van der Waals surface area contributed by atoms with Crippen molar-refractivity contribution in [3.8, 4) is 17.4 Å². The minimum absolute atomic E-state index is 0.213. The van der Waals surface area contributed by atoms with E-state index in [0.717, 1.165) is 6.07 Å². The molecule has 0 bridgehead atoms. The summed E-state index contributed by atoms with van der Waals surface area (Å²) in [6, 6.07) is 14.2. The molecule has 0 unspecified atom stereocenters. The number of benzene rings is 2. The second-order valence-corrected chi connectivity index (χ2v) is 7.87. The normalized spacial score (nSPS) is 11.1. The molecule has 31 heavy (non-hydrogen) atoms. The zero-order valence-electron chi connectivity index (χ0n) is 15.7. The number of hydrogen-bond acceptors (Lipinski definition) is 8. The number of non-ortho nitro benzene ring substituents is 1. The van der Waals surface area contributed by atoms with Crippen LogP contribution in [-0.2, 0) is 10.0 Å². The third-order valence-corrected chi connectivity index (χ3v) is 5.44. The van der Waals surface area contributed by atoms with E-state index in [1.165, 1.54) is 30.3 Å². The predicted octanol–water partition coefficient (Wildman–Crippen LogP) is 3.16. The number of rotatable bonds is 7. The highest BCUT2D eigenvalue weighted by Gasteiger charge is 2.17. The first kappa shape index (κ1) is 20.0. The molecule has 2 heterocycles. The number of hydrogen-bond donors (Lipinski definition) is 1. The van der Waals surface area contributed by atoms with Gasteiger partial charge in [-0.2, -0.15) is 0 Å². The van der Waals surface area contributed by atoms with Gasteiger partial charge in [-0.15, -0.1) is 10.2 Å². The number of nitro groups is 1. The molecule has 0 aliphatic rings. The molecule has 4 rings (SSSR count). The van der Waals surface area contributed by atoms with Gasteiger partial charge in [-0.25, -0.2) is 13.4 Å². The van der Waals surface area contributed by atoms with E-state index in [0.29, 0.717) is 11.6 Å². The molecule has 0 saturated carbocycles. The second-order valence-electron chi connectivity index (χ2n) is 6.19. The highest BCUT2D eigenvalue weighted by atomic mass is 32.2. The average molecular weight is 438 g/mol. The minimum Gasteiger partial charge on any atom is -0.438 e. The van der Waals surface area contributed by atoms with Crippen molar-refractivity contribution in [3.05, 3.63) is 89.5 Å². The monoisotopic (exact) mass is 438 g/mol. The number of anilines is 1. The fraction of sp³-hybridized carbons (Fsp3) is 0. The van der Waals surface area contributed by atoms with E-state index < -0.39 is 14.9 Å². The van der Waals surface area contributed by atoms with Crippen LogP contribution in [0, 0.1) is 10.1 Å². The van der Waals surface area contributed by atoms with Crippen LogP contribution in [0.2, 0.25) is 0 Å². The van der Waals surface area contributed by atoms with Gasteiger partial charge < -0.3 is 4.74 Å². The first-order chi connectivity index (χ1) is 14.9. The van der Waals surface area contributed by atoms with E-state index in [2.05, 4.69) is 19.9 Å². The smallest absolute Gasteiger partial charge is 0.270 e. The number of ether oxygens (including phenoxy) is 1. The maximum absolute atomic E-state index is 12.5. The van der Waals surface area contributed by atoms with Crippen molar-refractivity contribution < 1.29 is 18.1 Å². The molecule has 4 aromatic rings. The SMILES string of the molecule is O=[N+]([O-])c1cccc(S(=O)(=O)Nc2ccc(Oc3ccc(-n4ccnc4)nn3)cc2)c1.